The summed E-state index contributed by atoms with van der Waals surface area (Å²) in [6, 6.07) is 19.8. The van der Waals surface area contributed by atoms with E-state index >= 15 is 0 Å². The lowest BCUT2D eigenvalue weighted by molar-refractivity contribution is -0.00000607. The smallest absolute Gasteiger partial charge is 0.205 e. The third kappa shape index (κ3) is 4.51. The van der Waals surface area contributed by atoms with Crippen LogP contribution in [0.15, 0.2) is 81.0 Å². The largest absolute Gasteiger partial charge is 1.00 e. The van der Waals surface area contributed by atoms with Crippen molar-refractivity contribution in [2.24, 2.45) is 0 Å². The fraction of sp³-hybridized carbons (Fsp3) is 0.100. The van der Waals surface area contributed by atoms with Crippen LogP contribution in [0.2, 0.25) is 0 Å². The van der Waals surface area contributed by atoms with E-state index in [1.54, 1.807) is 25.1 Å². The Kier molecular flexibility index (Phi) is 6.98. The summed E-state index contributed by atoms with van der Waals surface area (Å²) in [5.74, 6) is 2.94. The van der Waals surface area contributed by atoms with Crippen molar-refractivity contribution < 1.29 is 26.1 Å². The van der Waals surface area contributed by atoms with Gasteiger partial charge in [0.1, 0.15) is 5.75 Å². The molecule has 0 amide bonds. The first-order valence-corrected chi connectivity index (χ1v) is 10.0. The van der Waals surface area contributed by atoms with Crippen molar-refractivity contribution in [3.63, 3.8) is 0 Å². The minimum Gasteiger partial charge on any atom is -1.00 e. The normalized spacial score (nSPS) is 10.5. The third-order valence-electron chi connectivity index (χ3n) is 3.99. The van der Waals surface area contributed by atoms with E-state index in [0.29, 0.717) is 11.6 Å². The summed E-state index contributed by atoms with van der Waals surface area (Å²) in [6.45, 7) is 0. The number of hydrogen-bond donors (Lipinski definition) is 0. The first-order chi connectivity index (χ1) is 13.2. The standard InChI is InChI=1S/C20H16BrN3O2S.BrH/c1-25-17-10-8-16(9-11-17)24-19(18-3-2-12-26-18)22-23-20(24)27-13-14-4-6-15(21)7-5-14;/h2-12H,13H2,1H3;1H/p-1. The van der Waals surface area contributed by atoms with Crippen LogP contribution in [0.3, 0.4) is 0 Å². The molecule has 0 spiro atoms. The Morgan fingerprint density at radius 3 is 2.43 bits per heavy atom. The van der Waals surface area contributed by atoms with Crippen molar-refractivity contribution in [1.29, 1.82) is 0 Å². The molecule has 5 nitrogen and oxygen atoms in total. The molecule has 0 fully saturated rings. The number of nitrogens with zero attached hydrogens (tertiary/aromatic N) is 3. The Hall–Kier alpha value is -2.03. The van der Waals surface area contributed by atoms with Crippen LogP contribution in [0.1, 0.15) is 5.56 Å². The van der Waals surface area contributed by atoms with Gasteiger partial charge in [-0.3, -0.25) is 4.57 Å². The number of halogens is 2. The molecule has 4 rings (SSSR count). The molecule has 0 aliphatic heterocycles. The molecule has 0 aliphatic rings. The lowest BCUT2D eigenvalue weighted by atomic mass is 10.2. The Labute approximate surface area is 186 Å². The molecular formula is C20H16Br2N3O2S-. The minimum atomic E-state index is 0. The summed E-state index contributed by atoms with van der Waals surface area (Å²) in [6.07, 6.45) is 1.64. The molecule has 0 N–H and O–H groups in total. The van der Waals surface area contributed by atoms with Gasteiger partial charge in [0.25, 0.3) is 0 Å². The van der Waals surface area contributed by atoms with Gasteiger partial charge in [0, 0.05) is 10.2 Å². The van der Waals surface area contributed by atoms with E-state index in [2.05, 4.69) is 38.3 Å². The molecule has 0 atom stereocenters. The fourth-order valence-corrected chi connectivity index (χ4v) is 3.79. The number of rotatable bonds is 6. The van der Waals surface area contributed by atoms with Crippen LogP contribution in [-0.2, 0) is 5.75 Å². The van der Waals surface area contributed by atoms with E-state index < -0.39 is 0 Å². The van der Waals surface area contributed by atoms with Gasteiger partial charge in [-0.1, -0.05) is 39.8 Å². The predicted octanol–water partition coefficient (Wildman–Crippen LogP) is 2.59. The van der Waals surface area contributed by atoms with Gasteiger partial charge >= 0.3 is 0 Å². The predicted molar refractivity (Wildman–Crippen MR) is 109 cm³/mol. The maximum absolute atomic E-state index is 5.55. The first-order valence-electron chi connectivity index (χ1n) is 8.25. The van der Waals surface area contributed by atoms with Crippen LogP contribution >= 0.6 is 27.7 Å². The molecule has 0 radical (unpaired) electrons. The highest BCUT2D eigenvalue weighted by Gasteiger charge is 2.18. The molecule has 4 aromatic rings. The molecule has 0 unspecified atom stereocenters. The second-order valence-corrected chi connectivity index (χ2v) is 7.59. The summed E-state index contributed by atoms with van der Waals surface area (Å²) in [7, 11) is 1.65. The first kappa shape index (κ1) is 20.7. The molecule has 144 valence electrons. The van der Waals surface area contributed by atoms with E-state index in [-0.39, 0.29) is 17.0 Å². The number of aromatic nitrogens is 3. The maximum atomic E-state index is 5.55. The van der Waals surface area contributed by atoms with Crippen molar-refractivity contribution in [1.82, 2.24) is 14.8 Å². The highest BCUT2D eigenvalue weighted by molar-refractivity contribution is 9.10. The highest BCUT2D eigenvalue weighted by Crippen LogP contribution is 2.30. The highest BCUT2D eigenvalue weighted by atomic mass is 79.9. The van der Waals surface area contributed by atoms with E-state index in [0.717, 1.165) is 26.8 Å². The van der Waals surface area contributed by atoms with Gasteiger partial charge in [0.05, 0.1) is 19.1 Å². The Morgan fingerprint density at radius 1 is 1.04 bits per heavy atom. The van der Waals surface area contributed by atoms with Crippen molar-refractivity contribution in [2.75, 3.05) is 7.11 Å². The van der Waals surface area contributed by atoms with Gasteiger partial charge < -0.3 is 26.1 Å². The molecule has 0 saturated carbocycles. The summed E-state index contributed by atoms with van der Waals surface area (Å²) >= 11 is 5.10. The van der Waals surface area contributed by atoms with Gasteiger partial charge in [-0.25, -0.2) is 0 Å². The van der Waals surface area contributed by atoms with E-state index in [1.165, 1.54) is 5.56 Å². The van der Waals surface area contributed by atoms with Crippen LogP contribution in [0, 0.1) is 0 Å². The van der Waals surface area contributed by atoms with Gasteiger partial charge in [-0.05, 0) is 54.1 Å². The number of furan rings is 1. The Bertz CT molecular complexity index is 1020. The lowest BCUT2D eigenvalue weighted by Crippen LogP contribution is -3.00. The number of ether oxygens (including phenoxy) is 1. The average molecular weight is 522 g/mol. The van der Waals surface area contributed by atoms with E-state index in [1.807, 2.05) is 53.1 Å². The van der Waals surface area contributed by atoms with Crippen molar-refractivity contribution in [2.45, 2.75) is 10.9 Å². The summed E-state index contributed by atoms with van der Waals surface area (Å²) in [4.78, 5) is 0. The molecule has 2 aromatic heterocycles. The molecule has 0 saturated heterocycles. The third-order valence-corrected chi connectivity index (χ3v) is 5.52. The van der Waals surface area contributed by atoms with Crippen molar-refractivity contribution in [3.8, 4) is 23.0 Å². The van der Waals surface area contributed by atoms with Crippen molar-refractivity contribution in [3.05, 3.63) is 77.0 Å². The minimum absolute atomic E-state index is 0. The molecule has 8 heteroatoms. The van der Waals surface area contributed by atoms with Crippen LogP contribution in [0.25, 0.3) is 17.3 Å². The van der Waals surface area contributed by atoms with Crippen LogP contribution in [0.4, 0.5) is 0 Å². The zero-order valence-electron chi connectivity index (χ0n) is 14.9. The monoisotopic (exact) mass is 520 g/mol. The zero-order chi connectivity index (χ0) is 18.6. The molecule has 2 aromatic carbocycles. The summed E-state index contributed by atoms with van der Waals surface area (Å²) < 4.78 is 13.9. The molecule has 28 heavy (non-hydrogen) atoms. The molecule has 2 heterocycles. The average Bonchev–Trinajstić information content (AvgIpc) is 3.37. The maximum Gasteiger partial charge on any atom is 0.205 e. The van der Waals surface area contributed by atoms with Crippen LogP contribution < -0.4 is 21.7 Å². The number of thioether (sulfide) groups is 1. The van der Waals surface area contributed by atoms with Crippen LogP contribution in [0.5, 0.6) is 5.75 Å². The van der Waals surface area contributed by atoms with E-state index in [4.69, 9.17) is 9.15 Å². The topological polar surface area (TPSA) is 53.1 Å². The van der Waals surface area contributed by atoms with Gasteiger partial charge in [-0.15, -0.1) is 10.2 Å². The van der Waals surface area contributed by atoms with Gasteiger partial charge in [0.15, 0.2) is 10.9 Å². The summed E-state index contributed by atoms with van der Waals surface area (Å²) in [5, 5.41) is 9.56. The SMILES string of the molecule is COc1ccc(-n2c(SCc3ccc(Br)cc3)nnc2-c2ccco2)cc1.[Br-]. The van der Waals surface area contributed by atoms with Crippen LogP contribution in [-0.4, -0.2) is 21.9 Å². The fourth-order valence-electron chi connectivity index (χ4n) is 2.62. The van der Waals surface area contributed by atoms with Crippen molar-refractivity contribution >= 4 is 27.7 Å². The Morgan fingerprint density at radius 2 is 1.79 bits per heavy atom. The molecular weight excluding hydrogens is 506 g/mol. The Balaban J connectivity index is 0.00000225. The zero-order valence-corrected chi connectivity index (χ0v) is 18.9. The molecule has 0 bridgehead atoms. The molecule has 0 aliphatic carbocycles. The lowest BCUT2D eigenvalue weighted by Gasteiger charge is -2.10. The number of hydrogen-bond acceptors (Lipinski definition) is 5. The second-order valence-electron chi connectivity index (χ2n) is 5.73. The quantitative estimate of drug-likeness (QED) is 0.365. The van der Waals surface area contributed by atoms with Gasteiger partial charge in [-0.2, -0.15) is 0 Å². The van der Waals surface area contributed by atoms with E-state index in [9.17, 15) is 0 Å². The number of benzene rings is 2. The summed E-state index contributed by atoms with van der Waals surface area (Å²) in [5.41, 5.74) is 2.16. The van der Waals surface area contributed by atoms with Gasteiger partial charge in [0.2, 0.25) is 5.82 Å². The second kappa shape index (κ2) is 9.45. The number of methoxy groups -OCH3 is 1.